The fourth-order valence-corrected chi connectivity index (χ4v) is 3.44. The highest BCUT2D eigenvalue weighted by Crippen LogP contribution is 2.40. The van der Waals surface area contributed by atoms with E-state index in [2.05, 4.69) is 5.32 Å². The van der Waals surface area contributed by atoms with E-state index >= 15 is 0 Å². The molecule has 0 fully saturated rings. The monoisotopic (exact) mass is 314 g/mol. The van der Waals surface area contributed by atoms with E-state index in [1.165, 1.54) is 7.11 Å². The second kappa shape index (κ2) is 5.96. The van der Waals surface area contributed by atoms with Gasteiger partial charge < -0.3 is 10.1 Å². The molecule has 0 aromatic heterocycles. The molecule has 2 aliphatic rings. The lowest BCUT2D eigenvalue weighted by molar-refractivity contribution is -0.144. The molecule has 1 aliphatic carbocycles. The van der Waals surface area contributed by atoms with E-state index in [1.54, 1.807) is 12.1 Å². The van der Waals surface area contributed by atoms with Crippen LogP contribution in [0.5, 0.6) is 0 Å². The van der Waals surface area contributed by atoms with Crippen LogP contribution in [0.3, 0.4) is 0 Å². The number of esters is 1. The average molecular weight is 314 g/mol. The average Bonchev–Trinajstić information content (AvgIpc) is 2.55. The van der Waals surface area contributed by atoms with Crippen LogP contribution in [-0.2, 0) is 14.3 Å². The molecule has 1 heterocycles. The van der Waals surface area contributed by atoms with E-state index in [0.29, 0.717) is 30.6 Å². The molecule has 0 saturated heterocycles. The van der Waals surface area contributed by atoms with Crippen molar-refractivity contribution in [1.29, 1.82) is 0 Å². The summed E-state index contributed by atoms with van der Waals surface area (Å²) >= 11 is 0. The van der Waals surface area contributed by atoms with E-state index < -0.39 is 0 Å². The van der Waals surface area contributed by atoms with E-state index in [4.69, 9.17) is 4.74 Å². The number of fused-ring (bicyclic) bond motifs is 3. The molecule has 1 unspecified atom stereocenters. The Balaban J connectivity index is 2.13. The highest BCUT2D eigenvalue weighted by atomic mass is 16.5. The van der Waals surface area contributed by atoms with Crippen LogP contribution in [0, 0.1) is 5.92 Å². The van der Waals surface area contributed by atoms with Gasteiger partial charge in [-0.25, -0.2) is 0 Å². The number of Topliss-reactive ketones (excluding diaryl/α,β-unsaturated/α-hetero) is 1. The first kappa shape index (κ1) is 15.4. The van der Waals surface area contributed by atoms with Crippen molar-refractivity contribution in [3.63, 3.8) is 0 Å². The molecule has 6 heteroatoms. The molecule has 3 rings (SSSR count). The number of amides is 1. The molecule has 0 spiro atoms. The number of nitrogens with zero attached hydrogens (tertiary/aromatic N) is 1. The standard InChI is InChI=1S/C17H18N2O4/c1-19-8-10(17(22)23-2)6-12-11-4-3-5-13(18-9-20)16(11)15(21)7-14(12)19/h3-6,9-10,14H,7-8H2,1-2H3,(H,18,20)/t10-,14?/m1/s1. The highest BCUT2D eigenvalue weighted by Gasteiger charge is 2.38. The van der Waals surface area contributed by atoms with Gasteiger partial charge in [0.05, 0.1) is 18.7 Å². The van der Waals surface area contributed by atoms with Gasteiger partial charge in [0.1, 0.15) is 0 Å². The van der Waals surface area contributed by atoms with Gasteiger partial charge in [0.15, 0.2) is 5.78 Å². The molecule has 23 heavy (non-hydrogen) atoms. The first-order chi connectivity index (χ1) is 11.1. The minimum absolute atomic E-state index is 0.00420. The van der Waals surface area contributed by atoms with E-state index in [-0.39, 0.29) is 23.7 Å². The summed E-state index contributed by atoms with van der Waals surface area (Å²) in [5.74, 6) is -0.654. The van der Waals surface area contributed by atoms with Crippen molar-refractivity contribution in [1.82, 2.24) is 4.90 Å². The summed E-state index contributed by atoms with van der Waals surface area (Å²) in [5.41, 5.74) is 2.74. The molecule has 1 amide bonds. The maximum atomic E-state index is 12.6. The van der Waals surface area contributed by atoms with Crippen molar-refractivity contribution in [3.05, 3.63) is 35.4 Å². The first-order valence-corrected chi connectivity index (χ1v) is 7.43. The van der Waals surface area contributed by atoms with Crippen LogP contribution in [0.4, 0.5) is 5.69 Å². The van der Waals surface area contributed by atoms with Gasteiger partial charge in [-0.05, 0) is 24.3 Å². The lowest BCUT2D eigenvalue weighted by Crippen LogP contribution is -2.45. The van der Waals surface area contributed by atoms with Gasteiger partial charge in [0, 0.05) is 24.6 Å². The summed E-state index contributed by atoms with van der Waals surface area (Å²) in [6.07, 6.45) is 2.79. The Hall–Kier alpha value is -2.47. The Morgan fingerprint density at radius 1 is 1.43 bits per heavy atom. The fraction of sp³-hybridized carbons (Fsp3) is 0.353. The van der Waals surface area contributed by atoms with Gasteiger partial charge >= 0.3 is 5.97 Å². The summed E-state index contributed by atoms with van der Waals surface area (Å²) in [4.78, 5) is 37.3. The van der Waals surface area contributed by atoms with Crippen LogP contribution in [0.15, 0.2) is 24.3 Å². The van der Waals surface area contributed by atoms with Gasteiger partial charge in [-0.1, -0.05) is 18.2 Å². The maximum Gasteiger partial charge on any atom is 0.313 e. The molecule has 1 aromatic rings. The summed E-state index contributed by atoms with van der Waals surface area (Å²) in [6, 6.07) is 5.30. The molecule has 120 valence electrons. The number of rotatable bonds is 3. The molecule has 1 aliphatic heterocycles. The molecular weight excluding hydrogens is 296 g/mol. The lowest BCUT2D eigenvalue weighted by Gasteiger charge is -2.39. The zero-order valence-electron chi connectivity index (χ0n) is 13.0. The van der Waals surface area contributed by atoms with Crippen molar-refractivity contribution in [3.8, 4) is 0 Å². The van der Waals surface area contributed by atoms with Crippen LogP contribution in [0.1, 0.15) is 22.3 Å². The number of likely N-dealkylation sites (N-methyl/N-ethyl adjacent to an activating group) is 1. The SMILES string of the molecule is COC(=O)[C@@H]1C=C2c3cccc(NC=O)c3C(=O)CC2N(C)C1. The number of methoxy groups -OCH3 is 1. The van der Waals surface area contributed by atoms with Gasteiger partial charge in [-0.3, -0.25) is 19.3 Å². The van der Waals surface area contributed by atoms with Crippen LogP contribution in [-0.4, -0.2) is 49.8 Å². The van der Waals surface area contributed by atoms with Crippen molar-refractivity contribution in [2.24, 2.45) is 5.92 Å². The van der Waals surface area contributed by atoms with Crippen molar-refractivity contribution in [2.45, 2.75) is 12.5 Å². The zero-order valence-corrected chi connectivity index (χ0v) is 13.0. The zero-order chi connectivity index (χ0) is 16.6. The smallest absolute Gasteiger partial charge is 0.313 e. The summed E-state index contributed by atoms with van der Waals surface area (Å²) in [7, 11) is 3.27. The third-order valence-corrected chi connectivity index (χ3v) is 4.51. The molecule has 2 atom stereocenters. The topological polar surface area (TPSA) is 75.7 Å². The number of hydrogen-bond acceptors (Lipinski definition) is 5. The lowest BCUT2D eigenvalue weighted by atomic mass is 9.78. The van der Waals surface area contributed by atoms with Crippen LogP contribution < -0.4 is 5.32 Å². The molecule has 6 nitrogen and oxygen atoms in total. The Bertz CT molecular complexity index is 711. The van der Waals surface area contributed by atoms with Gasteiger partial charge in [-0.2, -0.15) is 0 Å². The maximum absolute atomic E-state index is 12.6. The Morgan fingerprint density at radius 3 is 2.91 bits per heavy atom. The third kappa shape index (κ3) is 2.55. The Kier molecular flexibility index (Phi) is 4.00. The molecule has 1 aromatic carbocycles. The molecular formula is C17H18N2O4. The van der Waals surface area contributed by atoms with E-state index in [0.717, 1.165) is 11.1 Å². The number of nitrogens with one attached hydrogen (secondary N) is 1. The van der Waals surface area contributed by atoms with E-state index in [1.807, 2.05) is 24.1 Å². The van der Waals surface area contributed by atoms with Crippen LogP contribution in [0.25, 0.3) is 5.57 Å². The van der Waals surface area contributed by atoms with E-state index in [9.17, 15) is 14.4 Å². The predicted molar refractivity (Wildman–Crippen MR) is 85.0 cm³/mol. The van der Waals surface area contributed by atoms with Gasteiger partial charge in [0.25, 0.3) is 0 Å². The first-order valence-electron chi connectivity index (χ1n) is 7.43. The number of ether oxygens (including phenoxy) is 1. The number of benzene rings is 1. The summed E-state index contributed by atoms with van der Waals surface area (Å²) in [6.45, 7) is 0.524. The number of carbonyl (C=O) groups is 3. The summed E-state index contributed by atoms with van der Waals surface area (Å²) in [5, 5.41) is 2.58. The molecule has 0 saturated carbocycles. The molecule has 0 bridgehead atoms. The number of carbonyl (C=O) groups excluding carboxylic acids is 3. The van der Waals surface area contributed by atoms with Crippen molar-refractivity contribution < 1.29 is 19.1 Å². The van der Waals surface area contributed by atoms with Gasteiger partial charge in [-0.15, -0.1) is 0 Å². The Labute approximate surface area is 134 Å². The van der Waals surface area contributed by atoms with Crippen LogP contribution in [0.2, 0.25) is 0 Å². The quantitative estimate of drug-likeness (QED) is 0.673. The number of hydrogen-bond donors (Lipinski definition) is 1. The highest BCUT2D eigenvalue weighted by molar-refractivity contribution is 6.10. The third-order valence-electron chi connectivity index (χ3n) is 4.51. The second-order valence-corrected chi connectivity index (χ2v) is 5.82. The molecule has 1 N–H and O–H groups in total. The second-order valence-electron chi connectivity index (χ2n) is 5.82. The fourth-order valence-electron chi connectivity index (χ4n) is 3.44. The summed E-state index contributed by atoms with van der Waals surface area (Å²) < 4.78 is 4.85. The number of ketones is 1. The van der Waals surface area contributed by atoms with Crippen molar-refractivity contribution >= 4 is 29.4 Å². The normalized spacial score (nSPS) is 23.4. The van der Waals surface area contributed by atoms with Crippen molar-refractivity contribution in [2.75, 3.05) is 26.0 Å². The van der Waals surface area contributed by atoms with Gasteiger partial charge in [0.2, 0.25) is 6.41 Å². The Morgan fingerprint density at radius 2 is 2.22 bits per heavy atom. The predicted octanol–water partition coefficient (Wildman–Crippen LogP) is 1.33. The molecule has 0 radical (unpaired) electrons. The minimum Gasteiger partial charge on any atom is -0.469 e. The largest absolute Gasteiger partial charge is 0.469 e. The van der Waals surface area contributed by atoms with Crippen LogP contribution >= 0.6 is 0 Å². The number of anilines is 1. The minimum atomic E-state index is -0.361.